The molecule has 6 nitrogen and oxygen atoms in total. The third-order valence-electron chi connectivity index (χ3n) is 2.32. The number of aromatic amines is 1. The van der Waals surface area contributed by atoms with Crippen LogP contribution in [-0.2, 0) is 10.0 Å². The average Bonchev–Trinajstić information content (AvgIpc) is 2.72. The largest absolute Gasteiger partial charge is 0.383 e. The zero-order chi connectivity index (χ0) is 10.2. The van der Waals surface area contributed by atoms with E-state index in [-0.39, 0.29) is 10.7 Å². The number of aromatic nitrogens is 2. The summed E-state index contributed by atoms with van der Waals surface area (Å²) in [7, 11) is -3.41. The Bertz CT molecular complexity index is 419. The van der Waals surface area contributed by atoms with E-state index in [2.05, 4.69) is 10.2 Å². The first-order valence-corrected chi connectivity index (χ1v) is 5.85. The number of nitrogens with zero attached hydrogens (tertiary/aromatic N) is 2. The summed E-state index contributed by atoms with van der Waals surface area (Å²) in [5.74, 6) is 0.108. The van der Waals surface area contributed by atoms with E-state index in [0.29, 0.717) is 13.1 Å². The molecule has 1 aromatic heterocycles. The Hall–Kier alpha value is -1.08. The van der Waals surface area contributed by atoms with Gasteiger partial charge in [-0.25, -0.2) is 8.42 Å². The number of nitrogens with two attached hydrogens (primary N) is 1. The van der Waals surface area contributed by atoms with Crippen LogP contribution in [0.5, 0.6) is 0 Å². The van der Waals surface area contributed by atoms with E-state index in [4.69, 9.17) is 5.73 Å². The molecule has 1 aliphatic rings. The Morgan fingerprint density at radius 3 is 2.57 bits per heavy atom. The maximum absolute atomic E-state index is 11.9. The lowest BCUT2D eigenvalue weighted by molar-refractivity contribution is 0.478. The van der Waals surface area contributed by atoms with Crippen molar-refractivity contribution >= 4 is 15.8 Å². The van der Waals surface area contributed by atoms with Crippen LogP contribution >= 0.6 is 0 Å². The molecule has 2 heterocycles. The van der Waals surface area contributed by atoms with E-state index in [1.54, 1.807) is 0 Å². The quantitative estimate of drug-likeness (QED) is 0.714. The van der Waals surface area contributed by atoms with Gasteiger partial charge in [-0.3, -0.25) is 5.10 Å². The average molecular weight is 216 g/mol. The molecule has 1 aliphatic heterocycles. The topological polar surface area (TPSA) is 92.1 Å². The number of hydrogen-bond donors (Lipinski definition) is 2. The van der Waals surface area contributed by atoms with Crippen molar-refractivity contribution in [1.29, 1.82) is 0 Å². The molecule has 1 aromatic rings. The van der Waals surface area contributed by atoms with Crippen molar-refractivity contribution in [2.75, 3.05) is 18.8 Å². The van der Waals surface area contributed by atoms with E-state index in [9.17, 15) is 8.42 Å². The molecule has 0 saturated carbocycles. The predicted octanol–water partition coefficient (Wildman–Crippen LogP) is -0.224. The van der Waals surface area contributed by atoms with Gasteiger partial charge in [0, 0.05) is 13.1 Å². The van der Waals surface area contributed by atoms with Crippen molar-refractivity contribution in [1.82, 2.24) is 14.5 Å². The van der Waals surface area contributed by atoms with Crippen LogP contribution in [-0.4, -0.2) is 36.0 Å². The summed E-state index contributed by atoms with van der Waals surface area (Å²) in [5.41, 5.74) is 5.47. The molecule has 1 fully saturated rings. The number of H-pyrrole nitrogens is 1. The Kier molecular flexibility index (Phi) is 2.20. The molecule has 0 radical (unpaired) electrons. The van der Waals surface area contributed by atoms with Gasteiger partial charge >= 0.3 is 0 Å². The molecule has 0 bridgehead atoms. The number of anilines is 1. The van der Waals surface area contributed by atoms with E-state index in [1.807, 2.05) is 0 Å². The fourth-order valence-corrected chi connectivity index (χ4v) is 3.08. The number of hydrogen-bond acceptors (Lipinski definition) is 4. The minimum atomic E-state index is -3.41. The van der Waals surface area contributed by atoms with Crippen molar-refractivity contribution in [2.45, 2.75) is 17.7 Å². The summed E-state index contributed by atoms with van der Waals surface area (Å²) in [6, 6.07) is 0. The summed E-state index contributed by atoms with van der Waals surface area (Å²) in [5, 5.41) is 6.02. The van der Waals surface area contributed by atoms with Gasteiger partial charge in [0.1, 0.15) is 10.7 Å². The molecule has 2 rings (SSSR count). The van der Waals surface area contributed by atoms with Crippen molar-refractivity contribution in [3.8, 4) is 0 Å². The van der Waals surface area contributed by atoms with Crippen molar-refractivity contribution in [3.63, 3.8) is 0 Å². The van der Waals surface area contributed by atoms with Gasteiger partial charge in [-0.15, -0.1) is 0 Å². The van der Waals surface area contributed by atoms with Gasteiger partial charge in [0.2, 0.25) is 10.0 Å². The molecular weight excluding hydrogens is 204 g/mol. The zero-order valence-corrected chi connectivity index (χ0v) is 8.42. The van der Waals surface area contributed by atoms with E-state index in [0.717, 1.165) is 12.8 Å². The van der Waals surface area contributed by atoms with E-state index >= 15 is 0 Å². The standard InChI is InChI=1S/C7H12N4O2S/c8-7-6(5-9-10-7)14(12,13)11-3-1-2-4-11/h5H,1-4H2,(H3,8,9,10). The van der Waals surface area contributed by atoms with Gasteiger partial charge in [0.25, 0.3) is 0 Å². The highest BCUT2D eigenvalue weighted by Gasteiger charge is 2.29. The van der Waals surface area contributed by atoms with Crippen LogP contribution < -0.4 is 5.73 Å². The highest BCUT2D eigenvalue weighted by molar-refractivity contribution is 7.89. The SMILES string of the molecule is Nc1[nH]ncc1S(=O)(=O)N1CCCC1. The lowest BCUT2D eigenvalue weighted by Crippen LogP contribution is -2.28. The molecule has 0 atom stereocenters. The number of sulfonamides is 1. The highest BCUT2D eigenvalue weighted by Crippen LogP contribution is 2.23. The second-order valence-electron chi connectivity index (χ2n) is 3.26. The van der Waals surface area contributed by atoms with Crippen LogP contribution in [0.4, 0.5) is 5.82 Å². The fourth-order valence-electron chi connectivity index (χ4n) is 1.56. The molecule has 0 spiro atoms. The van der Waals surface area contributed by atoms with Crippen LogP contribution in [0.25, 0.3) is 0 Å². The fraction of sp³-hybridized carbons (Fsp3) is 0.571. The van der Waals surface area contributed by atoms with Crippen LogP contribution in [0.1, 0.15) is 12.8 Å². The molecule has 0 aromatic carbocycles. The molecule has 0 unspecified atom stereocenters. The summed E-state index contributed by atoms with van der Waals surface area (Å²) in [6.45, 7) is 1.15. The van der Waals surface area contributed by atoms with Gasteiger partial charge in [-0.05, 0) is 12.8 Å². The van der Waals surface area contributed by atoms with Crippen molar-refractivity contribution < 1.29 is 8.42 Å². The molecule has 1 saturated heterocycles. The molecule has 0 amide bonds. The Labute approximate surface area is 82.1 Å². The molecule has 7 heteroatoms. The predicted molar refractivity (Wildman–Crippen MR) is 51.0 cm³/mol. The second kappa shape index (κ2) is 3.25. The first kappa shape index (κ1) is 9.47. The molecule has 3 N–H and O–H groups in total. The van der Waals surface area contributed by atoms with E-state index < -0.39 is 10.0 Å². The third-order valence-corrected chi connectivity index (χ3v) is 4.24. The van der Waals surface area contributed by atoms with Gasteiger partial charge in [-0.1, -0.05) is 0 Å². The van der Waals surface area contributed by atoms with Crippen LogP contribution in [0.15, 0.2) is 11.1 Å². The molecule has 0 aliphatic carbocycles. The summed E-state index contributed by atoms with van der Waals surface area (Å²) in [6.07, 6.45) is 3.08. The summed E-state index contributed by atoms with van der Waals surface area (Å²) in [4.78, 5) is 0.0828. The van der Waals surface area contributed by atoms with Gasteiger partial charge in [0.05, 0.1) is 6.20 Å². The first-order chi connectivity index (χ1) is 6.62. The molecular formula is C7H12N4O2S. The number of nitrogen functional groups attached to an aromatic ring is 1. The van der Waals surface area contributed by atoms with Gasteiger partial charge < -0.3 is 5.73 Å². The monoisotopic (exact) mass is 216 g/mol. The molecule has 14 heavy (non-hydrogen) atoms. The van der Waals surface area contributed by atoms with E-state index in [1.165, 1.54) is 10.5 Å². The van der Waals surface area contributed by atoms with Gasteiger partial charge in [0.15, 0.2) is 0 Å². The van der Waals surface area contributed by atoms with Crippen LogP contribution in [0.3, 0.4) is 0 Å². The molecule has 78 valence electrons. The van der Waals surface area contributed by atoms with Gasteiger partial charge in [-0.2, -0.15) is 9.40 Å². The highest BCUT2D eigenvalue weighted by atomic mass is 32.2. The second-order valence-corrected chi connectivity index (χ2v) is 5.17. The normalized spacial score (nSPS) is 18.9. The maximum atomic E-state index is 11.9. The first-order valence-electron chi connectivity index (χ1n) is 4.41. The smallest absolute Gasteiger partial charge is 0.248 e. The minimum Gasteiger partial charge on any atom is -0.383 e. The lowest BCUT2D eigenvalue weighted by Gasteiger charge is -2.13. The van der Waals surface area contributed by atoms with Crippen LogP contribution in [0.2, 0.25) is 0 Å². The Morgan fingerprint density at radius 1 is 1.43 bits per heavy atom. The van der Waals surface area contributed by atoms with Crippen molar-refractivity contribution in [2.24, 2.45) is 0 Å². The zero-order valence-electron chi connectivity index (χ0n) is 7.60. The Balaban J connectivity index is 2.37. The lowest BCUT2D eigenvalue weighted by atomic mass is 10.4. The third kappa shape index (κ3) is 1.38. The number of rotatable bonds is 2. The Morgan fingerprint density at radius 2 is 2.07 bits per heavy atom. The van der Waals surface area contributed by atoms with Crippen LogP contribution in [0, 0.1) is 0 Å². The maximum Gasteiger partial charge on any atom is 0.248 e. The number of nitrogens with one attached hydrogen (secondary N) is 1. The summed E-state index contributed by atoms with van der Waals surface area (Å²) < 4.78 is 25.2. The minimum absolute atomic E-state index is 0.0828. The van der Waals surface area contributed by atoms with Crippen molar-refractivity contribution in [3.05, 3.63) is 6.20 Å². The summed E-state index contributed by atoms with van der Waals surface area (Å²) >= 11 is 0.